The molecule has 1 unspecified atom stereocenters. The highest BCUT2D eigenvalue weighted by molar-refractivity contribution is 7.89. The Morgan fingerprint density at radius 1 is 1.32 bits per heavy atom. The van der Waals surface area contributed by atoms with E-state index in [1.54, 1.807) is 6.92 Å². The number of benzene rings is 1. The van der Waals surface area contributed by atoms with Crippen LogP contribution in [0.3, 0.4) is 0 Å². The lowest BCUT2D eigenvalue weighted by molar-refractivity contribution is 0.250. The van der Waals surface area contributed by atoms with Crippen LogP contribution in [0.2, 0.25) is 0 Å². The molecule has 0 heterocycles. The van der Waals surface area contributed by atoms with Crippen molar-refractivity contribution in [3.63, 3.8) is 0 Å². The van der Waals surface area contributed by atoms with E-state index in [0.29, 0.717) is 6.42 Å². The van der Waals surface area contributed by atoms with E-state index in [-0.39, 0.29) is 26.2 Å². The normalized spacial score (nSPS) is 13.7. The minimum Gasteiger partial charge on any atom is -0.395 e. The molecule has 3 N–H and O–H groups in total. The summed E-state index contributed by atoms with van der Waals surface area (Å²) in [5.74, 6) is 0. The molecule has 0 aliphatic heterocycles. The van der Waals surface area contributed by atoms with Crippen molar-refractivity contribution in [3.05, 3.63) is 35.9 Å². The summed E-state index contributed by atoms with van der Waals surface area (Å²) >= 11 is 0. The summed E-state index contributed by atoms with van der Waals surface area (Å²) in [6, 6.07) is 9.33. The van der Waals surface area contributed by atoms with Crippen LogP contribution in [0.4, 0.5) is 0 Å². The smallest absolute Gasteiger partial charge is 0.218 e. The first-order valence-corrected chi connectivity index (χ1v) is 7.90. The number of sulfonamides is 1. The van der Waals surface area contributed by atoms with Gasteiger partial charge in [0.05, 0.1) is 11.9 Å². The molecule has 0 radical (unpaired) electrons. The maximum Gasteiger partial charge on any atom is 0.218 e. The van der Waals surface area contributed by atoms with Crippen LogP contribution >= 0.6 is 0 Å². The summed E-state index contributed by atoms with van der Waals surface area (Å²) < 4.78 is 26.2. The lowest BCUT2D eigenvalue weighted by Gasteiger charge is -2.26. The summed E-state index contributed by atoms with van der Waals surface area (Å²) in [6.07, 6.45) is 0.468. The first-order chi connectivity index (χ1) is 9.06. The molecule has 0 saturated carbocycles. The quantitative estimate of drug-likeness (QED) is 0.731. The first-order valence-electron chi connectivity index (χ1n) is 6.40. The van der Waals surface area contributed by atoms with E-state index in [9.17, 15) is 8.42 Å². The Bertz CT molecular complexity index is 458. The highest BCUT2D eigenvalue weighted by Gasteiger charge is 2.29. The first kappa shape index (κ1) is 16.1. The maximum absolute atomic E-state index is 12.4. The van der Waals surface area contributed by atoms with Gasteiger partial charge in [0.2, 0.25) is 10.0 Å². The van der Waals surface area contributed by atoms with Crippen molar-refractivity contribution in [1.29, 1.82) is 0 Å². The predicted molar refractivity (Wildman–Crippen MR) is 76.0 cm³/mol. The van der Waals surface area contributed by atoms with Crippen LogP contribution in [0.1, 0.15) is 18.9 Å². The average Bonchev–Trinajstić information content (AvgIpc) is 2.40. The molecule has 0 bridgehead atoms. The Kier molecular flexibility index (Phi) is 6.44. The summed E-state index contributed by atoms with van der Waals surface area (Å²) in [5, 5.41) is 8.47. The van der Waals surface area contributed by atoms with Crippen molar-refractivity contribution >= 4 is 10.0 Å². The van der Waals surface area contributed by atoms with Gasteiger partial charge < -0.3 is 10.8 Å². The molecule has 0 saturated heterocycles. The molecule has 5 nitrogen and oxygen atoms in total. The molecule has 1 aromatic rings. The van der Waals surface area contributed by atoms with Gasteiger partial charge in [-0.1, -0.05) is 37.3 Å². The molecule has 1 aromatic carbocycles. The molecule has 0 aliphatic carbocycles. The van der Waals surface area contributed by atoms with Crippen LogP contribution in [-0.2, 0) is 16.6 Å². The summed E-state index contributed by atoms with van der Waals surface area (Å²) in [5.41, 5.74) is 6.42. The molecular formula is C13H22N2O3S. The number of nitrogens with two attached hydrogens (primary N) is 1. The topological polar surface area (TPSA) is 83.6 Å². The fourth-order valence-electron chi connectivity index (χ4n) is 1.90. The van der Waals surface area contributed by atoms with Gasteiger partial charge >= 0.3 is 0 Å². The average molecular weight is 286 g/mol. The number of aliphatic hydroxyl groups is 1. The molecule has 19 heavy (non-hydrogen) atoms. The largest absolute Gasteiger partial charge is 0.395 e. The lowest BCUT2D eigenvalue weighted by atomic mass is 10.2. The van der Waals surface area contributed by atoms with Gasteiger partial charge in [-0.15, -0.1) is 0 Å². The lowest BCUT2D eigenvalue weighted by Crippen LogP contribution is -2.42. The van der Waals surface area contributed by atoms with Crippen LogP contribution in [0.5, 0.6) is 0 Å². The summed E-state index contributed by atoms with van der Waals surface area (Å²) in [6.45, 7) is 2.05. The number of hydrogen-bond acceptors (Lipinski definition) is 4. The zero-order chi connectivity index (χ0) is 14.3. The number of aliphatic hydroxyl groups excluding tert-OH is 1. The van der Waals surface area contributed by atoms with Gasteiger partial charge in [-0.25, -0.2) is 8.42 Å². The van der Waals surface area contributed by atoms with E-state index >= 15 is 0 Å². The maximum atomic E-state index is 12.4. The van der Waals surface area contributed by atoms with Gasteiger partial charge in [-0.05, 0) is 12.0 Å². The van der Waals surface area contributed by atoms with Gasteiger partial charge in [0, 0.05) is 19.6 Å². The van der Waals surface area contributed by atoms with Gasteiger partial charge in [-0.2, -0.15) is 4.31 Å². The highest BCUT2D eigenvalue weighted by atomic mass is 32.2. The Balaban J connectivity index is 2.94. The summed E-state index contributed by atoms with van der Waals surface area (Å²) in [7, 11) is -3.48. The Labute approximate surface area is 115 Å². The molecule has 0 amide bonds. The van der Waals surface area contributed by atoms with Crippen molar-refractivity contribution in [3.8, 4) is 0 Å². The van der Waals surface area contributed by atoms with Gasteiger partial charge in [0.25, 0.3) is 0 Å². The Morgan fingerprint density at radius 2 is 1.95 bits per heavy atom. The zero-order valence-electron chi connectivity index (χ0n) is 11.2. The second-order valence-corrected chi connectivity index (χ2v) is 6.57. The molecule has 0 fully saturated rings. The fourth-order valence-corrected chi connectivity index (χ4v) is 3.66. The zero-order valence-corrected chi connectivity index (χ0v) is 12.0. The fraction of sp³-hybridized carbons (Fsp3) is 0.538. The molecule has 1 rings (SSSR count). The molecule has 0 aliphatic rings. The third-order valence-electron chi connectivity index (χ3n) is 3.05. The highest BCUT2D eigenvalue weighted by Crippen LogP contribution is 2.15. The van der Waals surface area contributed by atoms with Crippen LogP contribution < -0.4 is 5.73 Å². The van der Waals surface area contributed by atoms with Crippen LogP contribution in [0.15, 0.2) is 30.3 Å². The standard InChI is InChI=1S/C13H22N2O3S/c1-2-13(10-14)19(17,18)15(8-9-16)11-12-6-4-3-5-7-12/h3-7,13,16H,2,8-11,14H2,1H3. The van der Waals surface area contributed by atoms with E-state index in [1.807, 2.05) is 30.3 Å². The van der Waals surface area contributed by atoms with E-state index in [1.165, 1.54) is 4.31 Å². The van der Waals surface area contributed by atoms with Gasteiger partial charge in [0.1, 0.15) is 0 Å². The molecular weight excluding hydrogens is 264 g/mol. The van der Waals surface area contributed by atoms with Crippen molar-refractivity contribution in [2.24, 2.45) is 5.73 Å². The third-order valence-corrected chi connectivity index (χ3v) is 5.45. The number of nitrogens with zero attached hydrogens (tertiary/aromatic N) is 1. The minimum atomic E-state index is -3.48. The van der Waals surface area contributed by atoms with E-state index < -0.39 is 15.3 Å². The Morgan fingerprint density at radius 3 is 2.42 bits per heavy atom. The van der Waals surface area contributed by atoms with Gasteiger partial charge in [0.15, 0.2) is 0 Å². The molecule has 108 valence electrons. The second-order valence-electron chi connectivity index (χ2n) is 4.35. The van der Waals surface area contributed by atoms with Crippen molar-refractivity contribution < 1.29 is 13.5 Å². The minimum absolute atomic E-state index is 0.0910. The molecule has 0 aromatic heterocycles. The SMILES string of the molecule is CCC(CN)S(=O)(=O)N(CCO)Cc1ccccc1. The van der Waals surface area contributed by atoms with Crippen LogP contribution in [0.25, 0.3) is 0 Å². The van der Waals surface area contributed by atoms with E-state index in [4.69, 9.17) is 10.8 Å². The van der Waals surface area contributed by atoms with Crippen LogP contribution in [0, 0.1) is 0 Å². The van der Waals surface area contributed by atoms with Crippen molar-refractivity contribution in [1.82, 2.24) is 4.31 Å². The second kappa shape index (κ2) is 7.59. The molecule has 0 spiro atoms. The molecule has 6 heteroatoms. The van der Waals surface area contributed by atoms with Crippen molar-refractivity contribution in [2.45, 2.75) is 25.1 Å². The predicted octanol–water partition coefficient (Wildman–Crippen LogP) is 0.548. The summed E-state index contributed by atoms with van der Waals surface area (Å²) in [4.78, 5) is 0. The Hall–Kier alpha value is -0.950. The van der Waals surface area contributed by atoms with Crippen LogP contribution in [-0.4, -0.2) is 42.8 Å². The van der Waals surface area contributed by atoms with E-state index in [2.05, 4.69) is 0 Å². The number of hydrogen-bond donors (Lipinski definition) is 2. The monoisotopic (exact) mass is 286 g/mol. The van der Waals surface area contributed by atoms with Gasteiger partial charge in [-0.3, -0.25) is 0 Å². The van der Waals surface area contributed by atoms with E-state index in [0.717, 1.165) is 5.56 Å². The molecule has 1 atom stereocenters. The third kappa shape index (κ3) is 4.28. The number of rotatable bonds is 8. The van der Waals surface area contributed by atoms with Crippen molar-refractivity contribution in [2.75, 3.05) is 19.7 Å².